The van der Waals surface area contributed by atoms with Crippen LogP contribution in [0.25, 0.3) is 0 Å². The molecule has 4 nitrogen and oxygen atoms in total. The average Bonchev–Trinajstić information content (AvgIpc) is 2.72. The van der Waals surface area contributed by atoms with Gasteiger partial charge in [-0.3, -0.25) is 5.32 Å². The summed E-state index contributed by atoms with van der Waals surface area (Å²) in [7, 11) is -3.47. The van der Waals surface area contributed by atoms with Gasteiger partial charge in [0.25, 0.3) is 0 Å². The number of hydrogen-bond acceptors (Lipinski definition) is 3. The van der Waals surface area contributed by atoms with Gasteiger partial charge >= 0.3 is 0 Å². The van der Waals surface area contributed by atoms with Gasteiger partial charge in [0.05, 0.1) is 0 Å². The predicted octanol–water partition coefficient (Wildman–Crippen LogP) is 0.898. The number of fused-ring (bicyclic) bond motifs is 3. The Morgan fingerprint density at radius 2 is 2.06 bits per heavy atom. The molecule has 3 atom stereocenters. The standard InChI is InChI=1S/C12H16N2O2S/c13-17(15,16)11-7-9-6-5-8-3-1-2-4-10(8)12(9)14-11/h1-4,9,11-12,14H,5-7H2,(H2,13,15,16). The first kappa shape index (κ1) is 11.2. The van der Waals surface area contributed by atoms with Crippen LogP contribution in [0, 0.1) is 5.92 Å². The van der Waals surface area contributed by atoms with E-state index in [0.717, 1.165) is 12.8 Å². The predicted molar refractivity (Wildman–Crippen MR) is 65.6 cm³/mol. The zero-order valence-electron chi connectivity index (χ0n) is 9.46. The molecule has 17 heavy (non-hydrogen) atoms. The maximum absolute atomic E-state index is 11.4. The van der Waals surface area contributed by atoms with Gasteiger partial charge in [-0.2, -0.15) is 0 Å². The highest BCUT2D eigenvalue weighted by molar-refractivity contribution is 7.89. The second-order valence-corrected chi connectivity index (χ2v) is 6.70. The van der Waals surface area contributed by atoms with E-state index >= 15 is 0 Å². The van der Waals surface area contributed by atoms with Gasteiger partial charge in [0, 0.05) is 6.04 Å². The van der Waals surface area contributed by atoms with Crippen molar-refractivity contribution in [1.29, 1.82) is 0 Å². The Morgan fingerprint density at radius 1 is 1.29 bits per heavy atom. The van der Waals surface area contributed by atoms with E-state index in [1.807, 2.05) is 12.1 Å². The minimum Gasteiger partial charge on any atom is -0.293 e. The molecule has 1 saturated heterocycles. The smallest absolute Gasteiger partial charge is 0.225 e. The Hall–Kier alpha value is -0.910. The lowest BCUT2D eigenvalue weighted by atomic mass is 9.81. The highest BCUT2D eigenvalue weighted by Gasteiger charge is 2.41. The summed E-state index contributed by atoms with van der Waals surface area (Å²) in [6.45, 7) is 0. The van der Waals surface area contributed by atoms with Crippen molar-refractivity contribution >= 4 is 10.0 Å². The van der Waals surface area contributed by atoms with Gasteiger partial charge in [0.15, 0.2) is 0 Å². The maximum atomic E-state index is 11.4. The van der Waals surface area contributed by atoms with Crippen LogP contribution in [0.15, 0.2) is 24.3 Å². The zero-order chi connectivity index (χ0) is 12.0. The molecule has 0 saturated carbocycles. The molecule has 0 spiro atoms. The van der Waals surface area contributed by atoms with Crippen molar-refractivity contribution in [2.75, 3.05) is 0 Å². The van der Waals surface area contributed by atoms with Crippen LogP contribution >= 0.6 is 0 Å². The number of aryl methyl sites for hydroxylation is 1. The van der Waals surface area contributed by atoms with Crippen LogP contribution in [-0.2, 0) is 16.4 Å². The lowest BCUT2D eigenvalue weighted by molar-refractivity contribution is 0.405. The van der Waals surface area contributed by atoms with E-state index < -0.39 is 15.4 Å². The Labute approximate surface area is 101 Å². The van der Waals surface area contributed by atoms with Gasteiger partial charge in [0.1, 0.15) is 5.37 Å². The van der Waals surface area contributed by atoms with Crippen molar-refractivity contribution in [1.82, 2.24) is 5.32 Å². The zero-order valence-corrected chi connectivity index (χ0v) is 10.3. The number of hydrogen-bond donors (Lipinski definition) is 2. The third-order valence-corrected chi connectivity index (χ3v) is 5.05. The molecular weight excluding hydrogens is 236 g/mol. The molecule has 0 bridgehead atoms. The molecule has 1 heterocycles. The summed E-state index contributed by atoms with van der Waals surface area (Å²) >= 11 is 0. The molecule has 3 unspecified atom stereocenters. The van der Waals surface area contributed by atoms with Crippen LogP contribution in [0.2, 0.25) is 0 Å². The molecule has 3 rings (SSSR count). The first-order valence-electron chi connectivity index (χ1n) is 5.91. The molecule has 0 aromatic heterocycles. The van der Waals surface area contributed by atoms with Crippen LogP contribution in [0.5, 0.6) is 0 Å². The van der Waals surface area contributed by atoms with Gasteiger partial charge < -0.3 is 0 Å². The Balaban J connectivity index is 1.95. The van der Waals surface area contributed by atoms with E-state index in [1.165, 1.54) is 11.1 Å². The van der Waals surface area contributed by atoms with Crippen LogP contribution in [-0.4, -0.2) is 13.8 Å². The van der Waals surface area contributed by atoms with Crippen molar-refractivity contribution in [3.8, 4) is 0 Å². The van der Waals surface area contributed by atoms with Gasteiger partial charge in [-0.1, -0.05) is 24.3 Å². The summed E-state index contributed by atoms with van der Waals surface area (Å²) in [5, 5.41) is 7.82. The number of benzene rings is 1. The van der Waals surface area contributed by atoms with E-state index in [9.17, 15) is 8.42 Å². The van der Waals surface area contributed by atoms with Crippen molar-refractivity contribution in [3.63, 3.8) is 0 Å². The lowest BCUT2D eigenvalue weighted by Crippen LogP contribution is -2.37. The molecule has 0 radical (unpaired) electrons. The fourth-order valence-corrected chi connectivity index (χ4v) is 3.93. The largest absolute Gasteiger partial charge is 0.293 e. The Bertz CT molecular complexity index is 541. The lowest BCUT2D eigenvalue weighted by Gasteiger charge is -2.27. The van der Waals surface area contributed by atoms with E-state index in [4.69, 9.17) is 5.14 Å². The average molecular weight is 252 g/mol. The molecule has 0 amide bonds. The van der Waals surface area contributed by atoms with E-state index in [1.54, 1.807) is 0 Å². The SMILES string of the molecule is NS(=O)(=O)C1CC2CCc3ccccc3C2N1. The number of sulfonamides is 1. The van der Waals surface area contributed by atoms with Gasteiger partial charge in [-0.05, 0) is 36.3 Å². The van der Waals surface area contributed by atoms with E-state index in [-0.39, 0.29) is 6.04 Å². The van der Waals surface area contributed by atoms with Crippen LogP contribution in [0.3, 0.4) is 0 Å². The number of rotatable bonds is 1. The van der Waals surface area contributed by atoms with Crippen molar-refractivity contribution in [3.05, 3.63) is 35.4 Å². The Kier molecular flexibility index (Phi) is 2.50. The highest BCUT2D eigenvalue weighted by Crippen LogP contribution is 2.41. The third kappa shape index (κ3) is 1.88. The summed E-state index contributed by atoms with van der Waals surface area (Å²) in [6.07, 6.45) is 2.72. The molecule has 3 N–H and O–H groups in total. The summed E-state index contributed by atoms with van der Waals surface area (Å²) < 4.78 is 22.8. The van der Waals surface area contributed by atoms with Gasteiger partial charge in [-0.25, -0.2) is 13.6 Å². The summed E-state index contributed by atoms with van der Waals surface area (Å²) in [4.78, 5) is 0. The first-order chi connectivity index (χ1) is 8.05. The number of nitrogens with two attached hydrogens (primary N) is 1. The molecule has 1 aromatic carbocycles. The second-order valence-electron chi connectivity index (χ2n) is 4.96. The molecule has 2 aliphatic rings. The molecule has 1 aromatic rings. The minimum atomic E-state index is -3.47. The van der Waals surface area contributed by atoms with E-state index in [2.05, 4.69) is 17.4 Å². The van der Waals surface area contributed by atoms with Crippen LogP contribution < -0.4 is 10.5 Å². The van der Waals surface area contributed by atoms with Crippen LogP contribution in [0.1, 0.15) is 30.0 Å². The summed E-state index contributed by atoms with van der Waals surface area (Å²) in [5.41, 5.74) is 2.58. The number of primary sulfonamides is 1. The van der Waals surface area contributed by atoms with Crippen molar-refractivity contribution in [2.45, 2.75) is 30.7 Å². The second kappa shape index (κ2) is 3.80. The maximum Gasteiger partial charge on any atom is 0.225 e. The fraction of sp³-hybridized carbons (Fsp3) is 0.500. The van der Waals surface area contributed by atoms with Crippen LogP contribution in [0.4, 0.5) is 0 Å². The van der Waals surface area contributed by atoms with Gasteiger partial charge in [-0.15, -0.1) is 0 Å². The van der Waals surface area contributed by atoms with Crippen molar-refractivity contribution < 1.29 is 8.42 Å². The molecule has 92 valence electrons. The minimum absolute atomic E-state index is 0.156. The normalized spacial score (nSPS) is 31.9. The van der Waals surface area contributed by atoms with Gasteiger partial charge in [0.2, 0.25) is 10.0 Å². The Morgan fingerprint density at radius 3 is 2.82 bits per heavy atom. The molecule has 1 aliphatic heterocycles. The van der Waals surface area contributed by atoms with E-state index in [0.29, 0.717) is 12.3 Å². The molecular formula is C12H16N2O2S. The topological polar surface area (TPSA) is 72.2 Å². The monoisotopic (exact) mass is 252 g/mol. The molecule has 1 fully saturated rings. The quantitative estimate of drug-likeness (QED) is 0.780. The highest BCUT2D eigenvalue weighted by atomic mass is 32.2. The summed E-state index contributed by atoms with van der Waals surface area (Å²) in [5.74, 6) is 0.397. The fourth-order valence-electron chi connectivity index (χ4n) is 3.08. The first-order valence-corrected chi connectivity index (χ1v) is 7.52. The third-order valence-electron chi connectivity index (χ3n) is 3.92. The van der Waals surface area contributed by atoms with Crippen molar-refractivity contribution in [2.24, 2.45) is 11.1 Å². The molecule has 5 heteroatoms. The molecule has 1 aliphatic carbocycles. The number of nitrogens with one attached hydrogen (secondary N) is 1. The summed E-state index contributed by atoms with van der Waals surface area (Å²) in [6, 6.07) is 8.41.